The number of amides is 1. The SMILES string of the molecule is NC(N)=NCCCc1ccc(C(=O)Nc2ccc(CN=C(N)N)cc2)o1. The molecule has 0 fully saturated rings. The first-order valence-electron chi connectivity index (χ1n) is 8.04. The van der Waals surface area contributed by atoms with Crippen molar-refractivity contribution < 1.29 is 9.21 Å². The molecule has 0 aliphatic carbocycles. The van der Waals surface area contributed by atoms with Crippen molar-refractivity contribution in [1.82, 2.24) is 0 Å². The van der Waals surface area contributed by atoms with Gasteiger partial charge in [0.1, 0.15) is 5.76 Å². The van der Waals surface area contributed by atoms with Crippen LogP contribution in [0.3, 0.4) is 0 Å². The van der Waals surface area contributed by atoms with Crippen LogP contribution in [-0.2, 0) is 13.0 Å². The van der Waals surface area contributed by atoms with E-state index >= 15 is 0 Å². The van der Waals surface area contributed by atoms with Gasteiger partial charge in [-0.3, -0.25) is 9.79 Å². The lowest BCUT2D eigenvalue weighted by molar-refractivity contribution is 0.0995. The van der Waals surface area contributed by atoms with Gasteiger partial charge in [-0.15, -0.1) is 0 Å². The van der Waals surface area contributed by atoms with E-state index in [1.165, 1.54) is 0 Å². The maximum Gasteiger partial charge on any atom is 0.291 e. The fraction of sp³-hybridized carbons (Fsp3) is 0.235. The third kappa shape index (κ3) is 6.19. The summed E-state index contributed by atoms with van der Waals surface area (Å²) in [5.41, 5.74) is 22.7. The molecular formula is C17H23N7O2. The smallest absolute Gasteiger partial charge is 0.291 e. The Morgan fingerprint density at radius 2 is 1.65 bits per heavy atom. The number of hydrogen-bond acceptors (Lipinski definition) is 4. The molecule has 0 saturated heterocycles. The zero-order valence-electron chi connectivity index (χ0n) is 14.3. The first-order valence-corrected chi connectivity index (χ1v) is 8.04. The minimum atomic E-state index is -0.322. The van der Waals surface area contributed by atoms with Crippen LogP contribution in [0.2, 0.25) is 0 Å². The van der Waals surface area contributed by atoms with Crippen molar-refractivity contribution in [1.29, 1.82) is 0 Å². The molecular weight excluding hydrogens is 334 g/mol. The predicted octanol–water partition coefficient (Wildman–Crippen LogP) is 0.511. The number of benzene rings is 1. The van der Waals surface area contributed by atoms with Crippen LogP contribution in [0.15, 0.2) is 50.8 Å². The molecule has 0 unspecified atom stereocenters. The third-order valence-corrected chi connectivity index (χ3v) is 3.42. The fourth-order valence-corrected chi connectivity index (χ4v) is 2.16. The Hall–Kier alpha value is -3.49. The van der Waals surface area contributed by atoms with E-state index in [0.717, 1.165) is 12.0 Å². The number of aryl methyl sites for hydroxylation is 1. The Morgan fingerprint density at radius 1 is 0.962 bits per heavy atom. The minimum absolute atomic E-state index is 0.0364. The summed E-state index contributed by atoms with van der Waals surface area (Å²) in [6.07, 6.45) is 1.37. The first kappa shape index (κ1) is 18.8. The molecule has 0 spiro atoms. The van der Waals surface area contributed by atoms with Gasteiger partial charge >= 0.3 is 0 Å². The molecule has 1 amide bonds. The van der Waals surface area contributed by atoms with E-state index in [1.807, 2.05) is 12.1 Å². The summed E-state index contributed by atoms with van der Waals surface area (Å²) in [6.45, 7) is 0.898. The Balaban J connectivity index is 1.87. The van der Waals surface area contributed by atoms with Gasteiger partial charge in [-0.05, 0) is 36.2 Å². The Morgan fingerprint density at radius 3 is 2.31 bits per heavy atom. The molecule has 0 aliphatic heterocycles. The molecule has 26 heavy (non-hydrogen) atoms. The van der Waals surface area contributed by atoms with Crippen molar-refractivity contribution in [3.05, 3.63) is 53.5 Å². The highest BCUT2D eigenvalue weighted by molar-refractivity contribution is 6.02. The first-order chi connectivity index (χ1) is 12.4. The number of nitrogens with zero attached hydrogens (tertiary/aromatic N) is 2. The lowest BCUT2D eigenvalue weighted by Gasteiger charge is -2.04. The van der Waals surface area contributed by atoms with E-state index in [-0.39, 0.29) is 23.6 Å². The van der Waals surface area contributed by atoms with Gasteiger partial charge in [-0.1, -0.05) is 12.1 Å². The van der Waals surface area contributed by atoms with Gasteiger partial charge in [-0.2, -0.15) is 0 Å². The van der Waals surface area contributed by atoms with Gasteiger partial charge in [0, 0.05) is 18.7 Å². The van der Waals surface area contributed by atoms with Crippen molar-refractivity contribution in [3.8, 4) is 0 Å². The zero-order valence-corrected chi connectivity index (χ0v) is 14.3. The lowest BCUT2D eigenvalue weighted by atomic mass is 10.2. The number of furan rings is 1. The number of aliphatic imine (C=N–C) groups is 2. The number of carbonyl (C=O) groups excluding carboxylic acids is 1. The molecule has 0 atom stereocenters. The largest absolute Gasteiger partial charge is 0.456 e. The summed E-state index contributed by atoms with van der Waals surface area (Å²) < 4.78 is 5.54. The van der Waals surface area contributed by atoms with Gasteiger partial charge in [0.05, 0.1) is 6.54 Å². The number of carbonyl (C=O) groups is 1. The van der Waals surface area contributed by atoms with Gasteiger partial charge < -0.3 is 32.7 Å². The molecule has 0 bridgehead atoms. The highest BCUT2D eigenvalue weighted by Gasteiger charge is 2.11. The lowest BCUT2D eigenvalue weighted by Crippen LogP contribution is -2.23. The highest BCUT2D eigenvalue weighted by Crippen LogP contribution is 2.15. The third-order valence-electron chi connectivity index (χ3n) is 3.42. The normalized spacial score (nSPS) is 10.2. The number of anilines is 1. The molecule has 0 saturated carbocycles. The van der Waals surface area contributed by atoms with E-state index in [1.54, 1.807) is 24.3 Å². The van der Waals surface area contributed by atoms with E-state index < -0.39 is 0 Å². The van der Waals surface area contributed by atoms with Crippen LogP contribution in [0, 0.1) is 0 Å². The molecule has 1 aromatic heterocycles. The highest BCUT2D eigenvalue weighted by atomic mass is 16.3. The number of nitrogens with one attached hydrogen (secondary N) is 1. The summed E-state index contributed by atoms with van der Waals surface area (Å²) in [4.78, 5) is 20.1. The van der Waals surface area contributed by atoms with Crippen LogP contribution in [0.5, 0.6) is 0 Å². The maximum absolute atomic E-state index is 12.2. The quantitative estimate of drug-likeness (QED) is 0.262. The topological polar surface area (TPSA) is 171 Å². The molecule has 9 heteroatoms. The second-order valence-electron chi connectivity index (χ2n) is 5.57. The summed E-state index contributed by atoms with van der Waals surface area (Å²) in [6, 6.07) is 10.6. The molecule has 9 N–H and O–H groups in total. The Kier molecular flexibility index (Phi) is 6.60. The Labute approximate surface area is 151 Å². The fourth-order valence-electron chi connectivity index (χ4n) is 2.16. The van der Waals surface area contributed by atoms with Gasteiger partial charge in [0.2, 0.25) is 0 Å². The molecule has 2 aromatic rings. The summed E-state index contributed by atoms with van der Waals surface area (Å²) in [5.74, 6) is 0.723. The minimum Gasteiger partial charge on any atom is -0.456 e. The van der Waals surface area contributed by atoms with Gasteiger partial charge in [-0.25, -0.2) is 4.99 Å². The Bertz CT molecular complexity index is 786. The summed E-state index contributed by atoms with van der Waals surface area (Å²) in [7, 11) is 0. The second kappa shape index (κ2) is 9.11. The van der Waals surface area contributed by atoms with Crippen LogP contribution in [-0.4, -0.2) is 24.4 Å². The average molecular weight is 357 g/mol. The van der Waals surface area contributed by atoms with Crippen LogP contribution in [0.25, 0.3) is 0 Å². The molecule has 1 aromatic carbocycles. The molecule has 1 heterocycles. The van der Waals surface area contributed by atoms with Crippen molar-refractivity contribution >= 4 is 23.5 Å². The average Bonchev–Trinajstić information content (AvgIpc) is 3.07. The van der Waals surface area contributed by atoms with E-state index in [4.69, 9.17) is 27.4 Å². The molecule has 0 radical (unpaired) electrons. The van der Waals surface area contributed by atoms with E-state index in [0.29, 0.717) is 31.0 Å². The van der Waals surface area contributed by atoms with E-state index in [2.05, 4.69) is 15.3 Å². The number of hydrogen-bond donors (Lipinski definition) is 5. The maximum atomic E-state index is 12.2. The zero-order chi connectivity index (χ0) is 18.9. The second-order valence-corrected chi connectivity index (χ2v) is 5.57. The van der Waals surface area contributed by atoms with Crippen LogP contribution >= 0.6 is 0 Å². The predicted molar refractivity (Wildman–Crippen MR) is 102 cm³/mol. The van der Waals surface area contributed by atoms with Crippen LogP contribution in [0.1, 0.15) is 28.3 Å². The number of rotatable bonds is 8. The van der Waals surface area contributed by atoms with Crippen LogP contribution < -0.4 is 28.3 Å². The molecule has 0 aliphatic rings. The summed E-state index contributed by atoms with van der Waals surface area (Å²) in [5, 5.41) is 2.77. The van der Waals surface area contributed by atoms with Gasteiger partial charge in [0.25, 0.3) is 5.91 Å². The van der Waals surface area contributed by atoms with Crippen molar-refractivity contribution in [2.45, 2.75) is 19.4 Å². The standard InChI is InChI=1S/C17H23N7O2/c18-16(19)22-9-1-2-13-7-8-14(26-13)15(25)24-12-5-3-11(4-6-12)10-23-17(20)21/h3-8H,1-2,9-10H2,(H,24,25)(H4,18,19,22)(H4,20,21,23). The number of guanidine groups is 2. The number of nitrogens with two attached hydrogens (primary N) is 4. The van der Waals surface area contributed by atoms with E-state index in [9.17, 15) is 4.79 Å². The molecule has 2 rings (SSSR count). The van der Waals surface area contributed by atoms with Crippen molar-refractivity contribution in [3.63, 3.8) is 0 Å². The monoisotopic (exact) mass is 357 g/mol. The summed E-state index contributed by atoms with van der Waals surface area (Å²) >= 11 is 0. The molecule has 138 valence electrons. The van der Waals surface area contributed by atoms with Crippen molar-refractivity contribution in [2.75, 3.05) is 11.9 Å². The molecule has 9 nitrogen and oxygen atoms in total. The van der Waals surface area contributed by atoms with Crippen molar-refractivity contribution in [2.24, 2.45) is 32.9 Å². The van der Waals surface area contributed by atoms with Crippen LogP contribution in [0.4, 0.5) is 5.69 Å². The van der Waals surface area contributed by atoms with Gasteiger partial charge in [0.15, 0.2) is 17.7 Å².